The van der Waals surface area contributed by atoms with Crippen LogP contribution >= 0.6 is 0 Å². The van der Waals surface area contributed by atoms with E-state index in [4.69, 9.17) is 5.73 Å². The fourth-order valence-corrected chi connectivity index (χ4v) is 3.64. The summed E-state index contributed by atoms with van der Waals surface area (Å²) in [6, 6.07) is 12.5. The van der Waals surface area contributed by atoms with Crippen LogP contribution in [0.4, 0.5) is 10.3 Å². The summed E-state index contributed by atoms with van der Waals surface area (Å²) in [5.74, 6) is -0.00852. The molecular weight excluding hydrogens is 393 g/mol. The quantitative estimate of drug-likeness (QED) is 0.475. The van der Waals surface area contributed by atoms with Gasteiger partial charge in [-0.05, 0) is 55.3 Å². The largest absolute Gasteiger partial charge is 0.366 e. The molecule has 5 aromatic rings. The second-order valence-corrected chi connectivity index (χ2v) is 7.48. The molecule has 31 heavy (non-hydrogen) atoms. The van der Waals surface area contributed by atoms with Crippen LogP contribution in [0.5, 0.6) is 0 Å². The van der Waals surface area contributed by atoms with E-state index in [0.717, 1.165) is 33.5 Å². The van der Waals surface area contributed by atoms with Gasteiger partial charge in [0.25, 0.3) is 0 Å². The number of hydrogen-bond donors (Lipinski definition) is 1. The molecule has 0 saturated heterocycles. The van der Waals surface area contributed by atoms with Gasteiger partial charge in [-0.3, -0.25) is 9.67 Å². The molecule has 0 amide bonds. The predicted octanol–water partition coefficient (Wildman–Crippen LogP) is 4.29. The number of nitrogens with two attached hydrogens (primary N) is 1. The summed E-state index contributed by atoms with van der Waals surface area (Å²) in [5.41, 5.74) is 12.2. The first-order valence-corrected chi connectivity index (χ1v) is 9.87. The lowest BCUT2D eigenvalue weighted by Crippen LogP contribution is -2.06. The molecule has 0 aliphatic carbocycles. The Labute approximate surface area is 178 Å². The lowest BCUT2D eigenvalue weighted by Gasteiger charge is -2.12. The van der Waals surface area contributed by atoms with Gasteiger partial charge in [0.05, 0.1) is 12.2 Å². The van der Waals surface area contributed by atoms with Gasteiger partial charge < -0.3 is 5.73 Å². The van der Waals surface area contributed by atoms with Gasteiger partial charge >= 0.3 is 0 Å². The normalized spacial score (nSPS) is 12.4. The predicted molar refractivity (Wildman–Crippen MR) is 117 cm³/mol. The highest BCUT2D eigenvalue weighted by atomic mass is 19.1. The molecule has 7 nitrogen and oxygen atoms in total. The number of nitrogens with zero attached hydrogens (tertiary/aromatic N) is 6. The minimum atomic E-state index is -0.248. The van der Waals surface area contributed by atoms with E-state index in [9.17, 15) is 4.39 Å². The summed E-state index contributed by atoms with van der Waals surface area (Å²) in [6.07, 6.45) is 7.48. The van der Waals surface area contributed by atoms with E-state index in [-0.39, 0.29) is 17.8 Å². The Morgan fingerprint density at radius 1 is 1.00 bits per heavy atom. The maximum absolute atomic E-state index is 13.2. The third-order valence-electron chi connectivity index (χ3n) is 5.44. The summed E-state index contributed by atoms with van der Waals surface area (Å²) >= 11 is 0. The lowest BCUT2D eigenvalue weighted by molar-refractivity contribution is 0.561. The van der Waals surface area contributed by atoms with E-state index >= 15 is 0 Å². The zero-order valence-corrected chi connectivity index (χ0v) is 17.1. The topological polar surface area (TPSA) is 86.9 Å². The summed E-state index contributed by atoms with van der Waals surface area (Å²) in [7, 11) is 0. The van der Waals surface area contributed by atoms with Crippen molar-refractivity contribution >= 4 is 11.6 Å². The number of hydrogen-bond acceptors (Lipinski definition) is 5. The number of halogens is 1. The Morgan fingerprint density at radius 3 is 2.61 bits per heavy atom. The van der Waals surface area contributed by atoms with Gasteiger partial charge in [-0.15, -0.1) is 5.10 Å². The summed E-state index contributed by atoms with van der Waals surface area (Å²) in [5, 5.41) is 8.64. The lowest BCUT2D eigenvalue weighted by atomic mass is 10.0. The molecule has 0 radical (unpaired) electrons. The van der Waals surface area contributed by atoms with Crippen LogP contribution in [-0.2, 0) is 0 Å². The van der Waals surface area contributed by atoms with Gasteiger partial charge in [-0.1, -0.05) is 12.1 Å². The molecule has 0 aliphatic rings. The van der Waals surface area contributed by atoms with Crippen molar-refractivity contribution in [3.8, 4) is 22.3 Å². The highest BCUT2D eigenvalue weighted by Crippen LogP contribution is 2.29. The molecule has 5 rings (SSSR count). The number of aromatic nitrogens is 6. The third kappa shape index (κ3) is 3.52. The van der Waals surface area contributed by atoms with Crippen molar-refractivity contribution in [2.75, 3.05) is 5.73 Å². The minimum Gasteiger partial charge on any atom is -0.366 e. The molecule has 154 valence electrons. The van der Waals surface area contributed by atoms with E-state index < -0.39 is 0 Å². The molecule has 0 spiro atoms. The average Bonchev–Trinajstić information content (AvgIpc) is 3.40. The number of fused-ring (bicyclic) bond motifs is 1. The third-order valence-corrected chi connectivity index (χ3v) is 5.44. The van der Waals surface area contributed by atoms with Crippen LogP contribution in [0.2, 0.25) is 0 Å². The van der Waals surface area contributed by atoms with E-state index in [1.54, 1.807) is 16.6 Å². The molecule has 4 aromatic heterocycles. The number of pyridine rings is 2. The fraction of sp³-hybridized carbons (Fsp3) is 0.130. The Bertz CT molecular complexity index is 1390. The zero-order chi connectivity index (χ0) is 21.5. The molecule has 1 unspecified atom stereocenters. The van der Waals surface area contributed by atoms with E-state index in [0.29, 0.717) is 5.65 Å². The molecule has 0 fully saturated rings. The highest BCUT2D eigenvalue weighted by molar-refractivity contribution is 5.75. The maximum atomic E-state index is 13.2. The van der Waals surface area contributed by atoms with Crippen LogP contribution in [-0.4, -0.2) is 29.4 Å². The second-order valence-electron chi connectivity index (χ2n) is 7.48. The zero-order valence-electron chi connectivity index (χ0n) is 17.1. The monoisotopic (exact) mass is 413 g/mol. The molecular formula is C23H20FN7. The van der Waals surface area contributed by atoms with Crippen molar-refractivity contribution in [1.82, 2.24) is 29.4 Å². The van der Waals surface area contributed by atoms with Crippen molar-refractivity contribution in [3.05, 3.63) is 84.3 Å². The van der Waals surface area contributed by atoms with Crippen molar-refractivity contribution in [1.29, 1.82) is 0 Å². The number of benzene rings is 1. The molecule has 1 atom stereocenters. The van der Waals surface area contributed by atoms with Crippen molar-refractivity contribution in [3.63, 3.8) is 0 Å². The van der Waals surface area contributed by atoms with Crippen LogP contribution < -0.4 is 5.73 Å². The number of rotatable bonds is 4. The Morgan fingerprint density at radius 2 is 1.81 bits per heavy atom. The van der Waals surface area contributed by atoms with Crippen molar-refractivity contribution < 1.29 is 4.39 Å². The Kier molecular flexibility index (Phi) is 4.47. The van der Waals surface area contributed by atoms with E-state index in [2.05, 4.69) is 26.2 Å². The van der Waals surface area contributed by atoms with Crippen LogP contribution in [0.1, 0.15) is 24.2 Å². The van der Waals surface area contributed by atoms with Crippen LogP contribution in [0.25, 0.3) is 27.9 Å². The maximum Gasteiger partial charge on any atom is 0.240 e. The SMILES string of the molecule is Cc1ncc(-c2cnn(C(C)c3ccc(F)cc3)c2)cc1-c1ccn2nc(N)nc2c1. The van der Waals surface area contributed by atoms with Gasteiger partial charge in [0, 0.05) is 41.0 Å². The van der Waals surface area contributed by atoms with Gasteiger partial charge in [-0.2, -0.15) is 10.1 Å². The first-order chi connectivity index (χ1) is 15.0. The van der Waals surface area contributed by atoms with Gasteiger partial charge in [0.1, 0.15) is 5.82 Å². The standard InChI is InChI=1S/C23H20FN7/c1-14-21(17-7-8-30-22(10-17)28-23(25)29-30)9-18(11-26-14)19-12-27-31(13-19)15(2)16-3-5-20(24)6-4-16/h3-13,15H,1-2H3,(H2,25,29). The summed E-state index contributed by atoms with van der Waals surface area (Å²) < 4.78 is 16.7. The minimum absolute atomic E-state index is 0.0203. The number of nitrogen functional groups attached to an aromatic ring is 1. The van der Waals surface area contributed by atoms with Gasteiger partial charge in [0.15, 0.2) is 5.65 Å². The van der Waals surface area contributed by atoms with Crippen LogP contribution in [0, 0.1) is 12.7 Å². The first-order valence-electron chi connectivity index (χ1n) is 9.87. The second kappa shape index (κ2) is 7.32. The molecule has 0 saturated carbocycles. The molecule has 4 heterocycles. The van der Waals surface area contributed by atoms with E-state index in [1.165, 1.54) is 12.1 Å². The van der Waals surface area contributed by atoms with Gasteiger partial charge in [0.2, 0.25) is 5.95 Å². The number of aryl methyl sites for hydroxylation is 1. The Hall–Kier alpha value is -4.07. The van der Waals surface area contributed by atoms with Gasteiger partial charge in [-0.25, -0.2) is 8.91 Å². The smallest absolute Gasteiger partial charge is 0.240 e. The molecule has 0 bridgehead atoms. The first kappa shape index (κ1) is 18.9. The fourth-order valence-electron chi connectivity index (χ4n) is 3.64. The van der Waals surface area contributed by atoms with Crippen molar-refractivity contribution in [2.24, 2.45) is 0 Å². The number of anilines is 1. The highest BCUT2D eigenvalue weighted by Gasteiger charge is 2.13. The van der Waals surface area contributed by atoms with Crippen LogP contribution in [0.15, 0.2) is 67.3 Å². The molecule has 1 aromatic carbocycles. The molecule has 2 N–H and O–H groups in total. The molecule has 0 aliphatic heterocycles. The van der Waals surface area contributed by atoms with E-state index in [1.807, 2.05) is 55.4 Å². The molecule has 8 heteroatoms. The Balaban J connectivity index is 1.49. The van der Waals surface area contributed by atoms with Crippen LogP contribution in [0.3, 0.4) is 0 Å². The van der Waals surface area contributed by atoms with Crippen molar-refractivity contribution in [2.45, 2.75) is 19.9 Å². The average molecular weight is 413 g/mol. The summed E-state index contributed by atoms with van der Waals surface area (Å²) in [6.45, 7) is 4.00. The summed E-state index contributed by atoms with van der Waals surface area (Å²) in [4.78, 5) is 8.83.